The predicted octanol–water partition coefficient (Wildman–Crippen LogP) is 3.91. The molecule has 0 saturated carbocycles. The van der Waals surface area contributed by atoms with Crippen LogP contribution in [0.5, 0.6) is 0 Å². The first-order chi connectivity index (χ1) is 8.29. The quantitative estimate of drug-likeness (QED) is 0.877. The van der Waals surface area contributed by atoms with Gasteiger partial charge in [-0.05, 0) is 45.4 Å². The molecule has 2 nitrogen and oxygen atoms in total. The smallest absolute Gasteiger partial charge is 0.201 e. The normalized spacial score (nSPS) is 12.3. The molecule has 2 rings (SSSR count). The second-order valence-corrected chi connectivity index (χ2v) is 5.49. The molecule has 0 atom stereocenters. The largest absolute Gasteiger partial charge is 0.456 e. The first-order valence-electron chi connectivity index (χ1n) is 5.90. The van der Waals surface area contributed by atoms with Crippen LogP contribution in [0.3, 0.4) is 0 Å². The van der Waals surface area contributed by atoms with Gasteiger partial charge in [0.25, 0.3) is 0 Å². The molecule has 0 aliphatic carbocycles. The van der Waals surface area contributed by atoms with Crippen LogP contribution in [-0.4, -0.2) is 5.54 Å². The fourth-order valence-electron chi connectivity index (χ4n) is 1.79. The Bertz CT molecular complexity index is 581. The summed E-state index contributed by atoms with van der Waals surface area (Å²) < 4.78 is 32.1. The molecule has 1 N–H and O–H groups in total. The lowest BCUT2D eigenvalue weighted by Crippen LogP contribution is -2.35. The summed E-state index contributed by atoms with van der Waals surface area (Å²) in [4.78, 5) is 0. The maximum Gasteiger partial charge on any atom is 0.201 e. The number of halogens is 2. The molecule has 0 aliphatic heterocycles. The van der Waals surface area contributed by atoms with Crippen molar-refractivity contribution in [2.75, 3.05) is 0 Å². The fraction of sp³-hybridized carbons (Fsp3) is 0.429. The highest BCUT2D eigenvalue weighted by molar-refractivity contribution is 5.82. The molecule has 18 heavy (non-hydrogen) atoms. The van der Waals surface area contributed by atoms with Gasteiger partial charge < -0.3 is 9.73 Å². The summed E-state index contributed by atoms with van der Waals surface area (Å²) in [7, 11) is 0. The number of fused-ring (bicyclic) bond motifs is 1. The van der Waals surface area contributed by atoms with Gasteiger partial charge in [0.05, 0.1) is 6.54 Å². The number of hydrogen-bond acceptors (Lipinski definition) is 2. The van der Waals surface area contributed by atoms with Gasteiger partial charge in [-0.3, -0.25) is 0 Å². The summed E-state index contributed by atoms with van der Waals surface area (Å²) in [5.74, 6) is -1.16. The lowest BCUT2D eigenvalue weighted by Gasteiger charge is -2.19. The second-order valence-electron chi connectivity index (χ2n) is 5.49. The number of benzene rings is 1. The number of hydrogen-bond donors (Lipinski definition) is 1. The lowest BCUT2D eigenvalue weighted by atomic mass is 10.1. The van der Waals surface area contributed by atoms with Crippen molar-refractivity contribution in [2.24, 2.45) is 0 Å². The van der Waals surface area contributed by atoms with Gasteiger partial charge in [-0.2, -0.15) is 4.39 Å². The topological polar surface area (TPSA) is 25.2 Å². The average molecular weight is 253 g/mol. The van der Waals surface area contributed by atoms with E-state index in [2.05, 4.69) is 5.32 Å². The van der Waals surface area contributed by atoms with Gasteiger partial charge in [-0.1, -0.05) is 0 Å². The molecule has 2 aromatic rings. The van der Waals surface area contributed by atoms with Crippen LogP contribution >= 0.6 is 0 Å². The Kier molecular flexibility index (Phi) is 3.15. The Balaban J connectivity index is 2.41. The molecule has 0 unspecified atom stereocenters. The Morgan fingerprint density at radius 3 is 2.50 bits per heavy atom. The van der Waals surface area contributed by atoms with Crippen molar-refractivity contribution < 1.29 is 13.2 Å². The third kappa shape index (κ3) is 2.38. The monoisotopic (exact) mass is 253 g/mol. The molecule has 1 aromatic carbocycles. The van der Waals surface area contributed by atoms with Crippen molar-refractivity contribution in [3.63, 3.8) is 0 Å². The van der Waals surface area contributed by atoms with Gasteiger partial charge in [-0.15, -0.1) is 0 Å². The third-order valence-corrected chi connectivity index (χ3v) is 2.88. The minimum Gasteiger partial charge on any atom is -0.456 e. The van der Waals surface area contributed by atoms with E-state index in [0.29, 0.717) is 17.7 Å². The summed E-state index contributed by atoms with van der Waals surface area (Å²) in [6, 6.07) is 2.67. The molecule has 4 heteroatoms. The van der Waals surface area contributed by atoms with E-state index < -0.39 is 11.6 Å². The molecule has 0 amide bonds. The van der Waals surface area contributed by atoms with Gasteiger partial charge in [0.15, 0.2) is 11.4 Å². The highest BCUT2D eigenvalue weighted by atomic mass is 19.2. The van der Waals surface area contributed by atoms with E-state index in [1.165, 1.54) is 0 Å². The SMILES string of the molecule is Cc1c(CNC(C)(C)C)oc2c(F)c(F)ccc12. The van der Waals surface area contributed by atoms with Gasteiger partial charge in [-0.25, -0.2) is 4.39 Å². The highest BCUT2D eigenvalue weighted by Gasteiger charge is 2.18. The second kappa shape index (κ2) is 4.35. The van der Waals surface area contributed by atoms with Crippen molar-refractivity contribution in [1.82, 2.24) is 5.32 Å². The van der Waals surface area contributed by atoms with Crippen LogP contribution in [0.25, 0.3) is 11.0 Å². The van der Waals surface area contributed by atoms with Crippen molar-refractivity contribution in [3.8, 4) is 0 Å². The zero-order chi connectivity index (χ0) is 13.5. The van der Waals surface area contributed by atoms with E-state index >= 15 is 0 Å². The molecule has 1 aromatic heterocycles. The number of furan rings is 1. The summed E-state index contributed by atoms with van der Waals surface area (Å²) in [5, 5.41) is 3.89. The maximum atomic E-state index is 13.6. The van der Waals surface area contributed by atoms with Crippen molar-refractivity contribution in [3.05, 3.63) is 35.1 Å². The minimum absolute atomic E-state index is 0.00166. The molecule has 0 fully saturated rings. The molecule has 0 saturated heterocycles. The first kappa shape index (κ1) is 13.0. The summed E-state index contributed by atoms with van der Waals surface area (Å²) in [5.41, 5.74) is 0.786. The molecular formula is C14H17F2NO. The molecule has 0 spiro atoms. The van der Waals surface area contributed by atoms with Crippen molar-refractivity contribution in [1.29, 1.82) is 0 Å². The number of rotatable bonds is 2. The van der Waals surface area contributed by atoms with Crippen LogP contribution < -0.4 is 5.32 Å². The van der Waals surface area contributed by atoms with Crippen LogP contribution in [0.1, 0.15) is 32.1 Å². The Morgan fingerprint density at radius 1 is 1.22 bits per heavy atom. The van der Waals surface area contributed by atoms with Crippen LogP contribution in [0.2, 0.25) is 0 Å². The number of aryl methyl sites for hydroxylation is 1. The van der Waals surface area contributed by atoms with E-state index in [4.69, 9.17) is 4.42 Å². The van der Waals surface area contributed by atoms with Crippen LogP contribution in [0.4, 0.5) is 8.78 Å². The van der Waals surface area contributed by atoms with Gasteiger partial charge in [0.2, 0.25) is 5.82 Å². The molecule has 0 bridgehead atoms. The van der Waals surface area contributed by atoms with E-state index in [1.54, 1.807) is 6.07 Å². The van der Waals surface area contributed by atoms with Gasteiger partial charge in [0, 0.05) is 10.9 Å². The lowest BCUT2D eigenvalue weighted by molar-refractivity contribution is 0.390. The Morgan fingerprint density at radius 2 is 1.89 bits per heavy atom. The van der Waals surface area contributed by atoms with Crippen LogP contribution in [0.15, 0.2) is 16.5 Å². The van der Waals surface area contributed by atoms with Crippen molar-refractivity contribution in [2.45, 2.75) is 39.8 Å². The van der Waals surface area contributed by atoms with E-state index in [1.807, 2.05) is 27.7 Å². The molecule has 98 valence electrons. The van der Waals surface area contributed by atoms with Crippen LogP contribution in [0, 0.1) is 18.6 Å². The summed E-state index contributed by atoms with van der Waals surface area (Å²) in [6.07, 6.45) is 0. The summed E-state index contributed by atoms with van der Waals surface area (Å²) >= 11 is 0. The Hall–Kier alpha value is -1.42. The highest BCUT2D eigenvalue weighted by Crippen LogP contribution is 2.28. The van der Waals surface area contributed by atoms with E-state index in [0.717, 1.165) is 11.6 Å². The Labute approximate surface area is 105 Å². The van der Waals surface area contributed by atoms with E-state index in [9.17, 15) is 8.78 Å². The zero-order valence-corrected chi connectivity index (χ0v) is 11.0. The van der Waals surface area contributed by atoms with E-state index in [-0.39, 0.29) is 11.1 Å². The van der Waals surface area contributed by atoms with Crippen molar-refractivity contribution >= 4 is 11.0 Å². The molecule has 0 aliphatic rings. The molecule has 0 radical (unpaired) electrons. The molecule has 1 heterocycles. The first-order valence-corrected chi connectivity index (χ1v) is 5.90. The predicted molar refractivity (Wildman–Crippen MR) is 67.5 cm³/mol. The van der Waals surface area contributed by atoms with Gasteiger partial charge >= 0.3 is 0 Å². The fourth-order valence-corrected chi connectivity index (χ4v) is 1.79. The third-order valence-electron chi connectivity index (χ3n) is 2.88. The standard InChI is InChI=1S/C14H17F2NO/c1-8-9-5-6-10(15)12(16)13(9)18-11(8)7-17-14(2,3)4/h5-6,17H,7H2,1-4H3. The maximum absolute atomic E-state index is 13.6. The minimum atomic E-state index is -0.919. The van der Waals surface area contributed by atoms with Crippen LogP contribution in [-0.2, 0) is 6.54 Å². The number of nitrogens with one attached hydrogen (secondary N) is 1. The molecular weight excluding hydrogens is 236 g/mol. The zero-order valence-electron chi connectivity index (χ0n) is 11.0. The average Bonchev–Trinajstić information content (AvgIpc) is 2.58. The van der Waals surface area contributed by atoms with Gasteiger partial charge in [0.1, 0.15) is 5.76 Å². The summed E-state index contributed by atoms with van der Waals surface area (Å²) in [6.45, 7) is 8.44.